The Balaban J connectivity index is 0.00000210. The minimum Gasteiger partial charge on any atom is -0.388 e. The van der Waals surface area contributed by atoms with Crippen molar-refractivity contribution in [1.82, 2.24) is 10.2 Å². The van der Waals surface area contributed by atoms with Gasteiger partial charge in [-0.25, -0.2) is 0 Å². The summed E-state index contributed by atoms with van der Waals surface area (Å²) in [5, 5.41) is 14.9. The van der Waals surface area contributed by atoms with Crippen molar-refractivity contribution in [2.24, 2.45) is 11.8 Å². The lowest BCUT2D eigenvalue weighted by Gasteiger charge is -2.35. The van der Waals surface area contributed by atoms with Crippen molar-refractivity contribution >= 4 is 29.9 Å². The van der Waals surface area contributed by atoms with E-state index >= 15 is 0 Å². The number of halogens is 2. The average Bonchev–Trinajstić information content (AvgIpc) is 3.12. The van der Waals surface area contributed by atoms with Crippen molar-refractivity contribution in [3.63, 3.8) is 0 Å². The summed E-state index contributed by atoms with van der Waals surface area (Å²) >= 11 is 5.93. The van der Waals surface area contributed by atoms with Crippen molar-refractivity contribution in [2.75, 3.05) is 13.1 Å². The zero-order chi connectivity index (χ0) is 18.1. The van der Waals surface area contributed by atoms with Crippen LogP contribution in [0, 0.1) is 11.8 Å². The second-order valence-electron chi connectivity index (χ2n) is 8.27. The number of nitrogens with one attached hydrogen (secondary N) is 1. The van der Waals surface area contributed by atoms with Gasteiger partial charge in [-0.2, -0.15) is 0 Å². The first-order valence-corrected chi connectivity index (χ1v) is 10.5. The third kappa shape index (κ3) is 4.61. The number of rotatable bonds is 3. The topological polar surface area (TPSA) is 52.6 Å². The van der Waals surface area contributed by atoms with E-state index in [0.717, 1.165) is 37.9 Å². The number of benzene rings is 1. The highest BCUT2D eigenvalue weighted by Gasteiger charge is 2.40. The van der Waals surface area contributed by atoms with Crippen LogP contribution in [0.2, 0.25) is 5.02 Å². The van der Waals surface area contributed by atoms with E-state index in [9.17, 15) is 9.90 Å². The molecule has 4 unspecified atom stereocenters. The first kappa shape index (κ1) is 20.9. The maximum absolute atomic E-state index is 12.9. The summed E-state index contributed by atoms with van der Waals surface area (Å²) in [6.07, 6.45) is 7.36. The van der Waals surface area contributed by atoms with Crippen molar-refractivity contribution in [2.45, 2.75) is 63.1 Å². The summed E-state index contributed by atoms with van der Waals surface area (Å²) in [7, 11) is 0. The Morgan fingerprint density at radius 2 is 1.78 bits per heavy atom. The Morgan fingerprint density at radius 3 is 2.44 bits per heavy atom. The lowest BCUT2D eigenvalue weighted by Crippen LogP contribution is -2.48. The van der Waals surface area contributed by atoms with Crippen LogP contribution in [0.3, 0.4) is 0 Å². The monoisotopic (exact) mass is 412 g/mol. The number of carbonyl (C=O) groups is 1. The molecule has 4 rings (SSSR count). The number of piperidine rings is 1. The molecule has 2 N–H and O–H groups in total. The highest BCUT2D eigenvalue weighted by Crippen LogP contribution is 2.35. The first-order valence-electron chi connectivity index (χ1n) is 10.1. The molecule has 2 aliphatic heterocycles. The average molecular weight is 413 g/mol. The fraction of sp³-hybridized carbons (Fsp3) is 0.667. The minimum atomic E-state index is -0.475. The zero-order valence-corrected chi connectivity index (χ0v) is 17.2. The van der Waals surface area contributed by atoms with Crippen LogP contribution < -0.4 is 5.32 Å². The number of nitrogens with zero attached hydrogens (tertiary/aromatic N) is 1. The molecule has 150 valence electrons. The van der Waals surface area contributed by atoms with Crippen LogP contribution >= 0.6 is 24.0 Å². The van der Waals surface area contributed by atoms with Gasteiger partial charge in [0.15, 0.2) is 0 Å². The van der Waals surface area contributed by atoms with Crippen LogP contribution in [0.1, 0.15) is 56.6 Å². The Morgan fingerprint density at radius 1 is 1.11 bits per heavy atom. The summed E-state index contributed by atoms with van der Waals surface area (Å²) in [5.74, 6) is 1.18. The van der Waals surface area contributed by atoms with E-state index in [1.807, 2.05) is 29.2 Å². The molecule has 4 atom stereocenters. The van der Waals surface area contributed by atoms with Gasteiger partial charge in [0.2, 0.25) is 5.91 Å². The molecule has 0 bridgehead atoms. The van der Waals surface area contributed by atoms with E-state index in [4.69, 9.17) is 11.6 Å². The Labute approximate surface area is 173 Å². The van der Waals surface area contributed by atoms with Crippen LogP contribution in [-0.2, 0) is 4.79 Å². The smallest absolute Gasteiger partial charge is 0.239 e. The van der Waals surface area contributed by atoms with Gasteiger partial charge < -0.3 is 15.3 Å². The van der Waals surface area contributed by atoms with E-state index in [-0.39, 0.29) is 30.3 Å². The van der Waals surface area contributed by atoms with E-state index in [2.05, 4.69) is 5.32 Å². The number of amides is 1. The SMILES string of the molecule is Cl.O=C(C1CC2CCCCC2N1)N1CCC(C(O)c2ccc(Cl)cc2)CC1. The molecule has 6 heteroatoms. The van der Waals surface area contributed by atoms with Gasteiger partial charge in [-0.15, -0.1) is 12.4 Å². The molecule has 0 spiro atoms. The lowest BCUT2D eigenvalue weighted by atomic mass is 9.85. The second-order valence-corrected chi connectivity index (χ2v) is 8.70. The van der Waals surface area contributed by atoms with Gasteiger partial charge in [-0.1, -0.05) is 36.6 Å². The van der Waals surface area contributed by atoms with Gasteiger partial charge in [0, 0.05) is 24.2 Å². The summed E-state index contributed by atoms with van der Waals surface area (Å²) in [6.45, 7) is 1.50. The van der Waals surface area contributed by atoms with Gasteiger partial charge in [0.25, 0.3) is 0 Å². The minimum absolute atomic E-state index is 0. The number of hydrogen-bond acceptors (Lipinski definition) is 3. The highest BCUT2D eigenvalue weighted by atomic mass is 35.5. The van der Waals surface area contributed by atoms with Crippen LogP contribution in [-0.4, -0.2) is 41.1 Å². The molecule has 1 aromatic carbocycles. The highest BCUT2D eigenvalue weighted by molar-refractivity contribution is 6.30. The molecule has 2 heterocycles. The molecule has 27 heavy (non-hydrogen) atoms. The van der Waals surface area contributed by atoms with E-state index in [1.165, 1.54) is 25.7 Å². The third-order valence-corrected chi connectivity index (χ3v) is 6.92. The summed E-state index contributed by atoms with van der Waals surface area (Å²) in [6, 6.07) is 8.01. The number of carbonyl (C=O) groups excluding carboxylic acids is 1. The largest absolute Gasteiger partial charge is 0.388 e. The zero-order valence-electron chi connectivity index (χ0n) is 15.6. The molecule has 1 saturated carbocycles. The van der Waals surface area contributed by atoms with Crippen LogP contribution in [0.5, 0.6) is 0 Å². The molecular formula is C21H30Cl2N2O2. The molecule has 2 saturated heterocycles. The maximum atomic E-state index is 12.9. The van der Waals surface area contributed by atoms with Gasteiger partial charge in [-0.05, 0) is 61.6 Å². The van der Waals surface area contributed by atoms with Crippen molar-refractivity contribution in [3.05, 3.63) is 34.9 Å². The van der Waals surface area contributed by atoms with E-state index in [0.29, 0.717) is 17.0 Å². The van der Waals surface area contributed by atoms with Crippen LogP contribution in [0.4, 0.5) is 0 Å². The van der Waals surface area contributed by atoms with Crippen molar-refractivity contribution in [1.29, 1.82) is 0 Å². The molecule has 1 amide bonds. The predicted octanol–water partition coefficient (Wildman–Crippen LogP) is 3.95. The van der Waals surface area contributed by atoms with E-state index < -0.39 is 6.10 Å². The first-order chi connectivity index (χ1) is 12.6. The van der Waals surface area contributed by atoms with Crippen LogP contribution in [0.15, 0.2) is 24.3 Å². The van der Waals surface area contributed by atoms with Gasteiger partial charge in [-0.3, -0.25) is 4.79 Å². The number of aliphatic hydroxyl groups is 1. The van der Waals surface area contributed by atoms with Gasteiger partial charge >= 0.3 is 0 Å². The number of hydrogen-bond donors (Lipinski definition) is 2. The standard InChI is InChI=1S/C21H29ClN2O2.ClH/c22-17-7-5-14(6-8-17)20(25)15-9-11-24(12-10-15)21(26)19-13-16-3-1-2-4-18(16)23-19;/h5-8,15-16,18-20,23,25H,1-4,9-13H2;1H. The van der Waals surface area contributed by atoms with Gasteiger partial charge in [0.1, 0.15) is 0 Å². The molecular weight excluding hydrogens is 383 g/mol. The summed E-state index contributed by atoms with van der Waals surface area (Å²) in [4.78, 5) is 14.9. The van der Waals surface area contributed by atoms with Crippen LogP contribution in [0.25, 0.3) is 0 Å². The normalized spacial score (nSPS) is 29.7. The van der Waals surface area contributed by atoms with Gasteiger partial charge in [0.05, 0.1) is 12.1 Å². The fourth-order valence-electron chi connectivity index (χ4n) is 5.10. The summed E-state index contributed by atoms with van der Waals surface area (Å²) < 4.78 is 0. The third-order valence-electron chi connectivity index (χ3n) is 6.67. The van der Waals surface area contributed by atoms with Crippen molar-refractivity contribution < 1.29 is 9.90 Å². The number of likely N-dealkylation sites (tertiary alicyclic amines) is 1. The molecule has 1 aromatic rings. The molecule has 4 nitrogen and oxygen atoms in total. The molecule has 0 aromatic heterocycles. The Bertz CT molecular complexity index is 618. The Kier molecular flexibility index (Phi) is 7.07. The quantitative estimate of drug-likeness (QED) is 0.789. The number of aliphatic hydroxyl groups excluding tert-OH is 1. The summed E-state index contributed by atoms with van der Waals surface area (Å²) in [5.41, 5.74) is 0.917. The van der Waals surface area contributed by atoms with E-state index in [1.54, 1.807) is 0 Å². The Hall–Kier alpha value is -0.810. The second kappa shape index (κ2) is 9.13. The molecule has 3 aliphatic rings. The molecule has 3 fully saturated rings. The fourth-order valence-corrected chi connectivity index (χ4v) is 5.22. The maximum Gasteiger partial charge on any atom is 0.239 e. The molecule has 1 aliphatic carbocycles. The number of fused-ring (bicyclic) bond motifs is 1. The lowest BCUT2D eigenvalue weighted by molar-refractivity contribution is -0.135. The van der Waals surface area contributed by atoms with Crippen molar-refractivity contribution in [3.8, 4) is 0 Å². The molecule has 0 radical (unpaired) electrons. The predicted molar refractivity (Wildman–Crippen MR) is 110 cm³/mol.